The van der Waals surface area contributed by atoms with Crippen LogP contribution in [0.5, 0.6) is 0 Å². The number of hydrogen-bond donors (Lipinski definition) is 1. The largest absolute Gasteiger partial charge is 0.377 e. The molecule has 1 aromatic carbocycles. The van der Waals surface area contributed by atoms with Crippen LogP contribution >= 0.6 is 0 Å². The van der Waals surface area contributed by atoms with Crippen LogP contribution in [0.15, 0.2) is 42.9 Å². The van der Waals surface area contributed by atoms with Crippen molar-refractivity contribution >= 4 is 5.69 Å². The van der Waals surface area contributed by atoms with E-state index in [2.05, 4.69) is 58.3 Å². The summed E-state index contributed by atoms with van der Waals surface area (Å²) in [7, 11) is 0. The first-order valence-electron chi connectivity index (χ1n) is 8.58. The van der Waals surface area contributed by atoms with Gasteiger partial charge in [-0.05, 0) is 50.9 Å². The van der Waals surface area contributed by atoms with Gasteiger partial charge in [0.1, 0.15) is 0 Å². The Labute approximate surface area is 139 Å². The number of nitrogens with one attached hydrogen (secondary N) is 1. The molecule has 2 heterocycles. The van der Waals surface area contributed by atoms with Crippen molar-refractivity contribution in [2.75, 3.05) is 11.9 Å². The van der Waals surface area contributed by atoms with E-state index in [1.54, 1.807) is 12.4 Å². The molecule has 0 radical (unpaired) electrons. The first kappa shape index (κ1) is 15.9. The summed E-state index contributed by atoms with van der Waals surface area (Å²) in [5, 5.41) is 3.48. The molecule has 3 rings (SSSR count). The van der Waals surface area contributed by atoms with Gasteiger partial charge < -0.3 is 5.32 Å². The predicted molar refractivity (Wildman–Crippen MR) is 94.2 cm³/mol. The molecular formula is C19H26N4. The molecule has 1 aromatic heterocycles. The number of anilines is 1. The van der Waals surface area contributed by atoms with Gasteiger partial charge in [0.2, 0.25) is 0 Å². The molecule has 4 heteroatoms. The minimum atomic E-state index is 0.150. The highest BCUT2D eigenvalue weighted by Crippen LogP contribution is 2.21. The summed E-state index contributed by atoms with van der Waals surface area (Å²) in [5.74, 6) is 0. The smallest absolute Gasteiger partial charge is 0.0806 e. The predicted octanol–water partition coefficient (Wildman–Crippen LogP) is 4.02. The summed E-state index contributed by atoms with van der Waals surface area (Å²) >= 11 is 0. The Morgan fingerprint density at radius 2 is 2.04 bits per heavy atom. The van der Waals surface area contributed by atoms with E-state index in [9.17, 15) is 0 Å². The molecule has 0 aliphatic carbocycles. The summed E-state index contributed by atoms with van der Waals surface area (Å²) in [4.78, 5) is 11.1. The van der Waals surface area contributed by atoms with E-state index in [1.807, 2.05) is 6.20 Å². The van der Waals surface area contributed by atoms with Crippen molar-refractivity contribution in [2.45, 2.75) is 51.7 Å². The highest BCUT2D eigenvalue weighted by Gasteiger charge is 2.18. The molecule has 1 N–H and O–H groups in total. The van der Waals surface area contributed by atoms with Crippen molar-refractivity contribution in [3.05, 3.63) is 54.1 Å². The molecule has 0 spiro atoms. The lowest BCUT2D eigenvalue weighted by molar-refractivity contribution is 0.152. The molecule has 1 fully saturated rings. The Bertz CT molecular complexity index is 597. The number of likely N-dealkylation sites (tertiary alicyclic amines) is 1. The van der Waals surface area contributed by atoms with Crippen LogP contribution in [0.4, 0.5) is 5.69 Å². The van der Waals surface area contributed by atoms with Crippen molar-refractivity contribution in [1.29, 1.82) is 0 Å². The fourth-order valence-corrected chi connectivity index (χ4v) is 3.19. The molecule has 23 heavy (non-hydrogen) atoms. The van der Waals surface area contributed by atoms with Crippen molar-refractivity contribution in [1.82, 2.24) is 14.9 Å². The van der Waals surface area contributed by atoms with Crippen molar-refractivity contribution in [3.8, 4) is 0 Å². The molecule has 2 atom stereocenters. The van der Waals surface area contributed by atoms with Gasteiger partial charge in [0.25, 0.3) is 0 Å². The highest BCUT2D eigenvalue weighted by atomic mass is 15.2. The summed E-state index contributed by atoms with van der Waals surface area (Å²) in [6.07, 6.45) is 9.28. The van der Waals surface area contributed by atoms with Gasteiger partial charge in [-0.2, -0.15) is 0 Å². The molecule has 122 valence electrons. The Morgan fingerprint density at radius 1 is 1.22 bits per heavy atom. The van der Waals surface area contributed by atoms with Gasteiger partial charge in [-0.1, -0.05) is 18.6 Å². The van der Waals surface area contributed by atoms with E-state index in [-0.39, 0.29) is 6.04 Å². The molecule has 4 nitrogen and oxygen atoms in total. The van der Waals surface area contributed by atoms with Crippen LogP contribution in [0.25, 0.3) is 0 Å². The van der Waals surface area contributed by atoms with E-state index in [0.29, 0.717) is 6.04 Å². The van der Waals surface area contributed by atoms with Crippen LogP contribution in [0.3, 0.4) is 0 Å². The summed E-state index contributed by atoms with van der Waals surface area (Å²) in [6.45, 7) is 6.73. The van der Waals surface area contributed by atoms with E-state index in [1.165, 1.54) is 31.4 Å². The van der Waals surface area contributed by atoms with Crippen molar-refractivity contribution in [2.24, 2.45) is 0 Å². The van der Waals surface area contributed by atoms with E-state index < -0.39 is 0 Å². The molecular weight excluding hydrogens is 284 g/mol. The zero-order valence-electron chi connectivity index (χ0n) is 14.1. The van der Waals surface area contributed by atoms with E-state index >= 15 is 0 Å². The third-order valence-electron chi connectivity index (χ3n) is 4.69. The number of piperidine rings is 1. The van der Waals surface area contributed by atoms with Gasteiger partial charge in [0, 0.05) is 30.7 Å². The number of hydrogen-bond acceptors (Lipinski definition) is 4. The normalized spacial score (nSPS) is 20.2. The van der Waals surface area contributed by atoms with E-state index in [0.717, 1.165) is 17.9 Å². The maximum Gasteiger partial charge on any atom is 0.0806 e. The summed E-state index contributed by atoms with van der Waals surface area (Å²) in [5.41, 5.74) is 3.47. The summed E-state index contributed by atoms with van der Waals surface area (Å²) in [6, 6.07) is 9.64. The quantitative estimate of drug-likeness (QED) is 0.905. The number of aromatic nitrogens is 2. The van der Waals surface area contributed by atoms with Crippen LogP contribution in [-0.4, -0.2) is 27.5 Å². The Balaban J connectivity index is 1.58. The fraction of sp³-hybridized carbons (Fsp3) is 0.474. The average Bonchev–Trinajstić information content (AvgIpc) is 2.59. The first-order chi connectivity index (χ1) is 11.2. The highest BCUT2D eigenvalue weighted by molar-refractivity contribution is 5.46. The topological polar surface area (TPSA) is 41.0 Å². The molecule has 0 saturated carbocycles. The van der Waals surface area contributed by atoms with Gasteiger partial charge in [-0.15, -0.1) is 0 Å². The minimum absolute atomic E-state index is 0.150. The Morgan fingerprint density at radius 3 is 2.74 bits per heavy atom. The van der Waals surface area contributed by atoms with Crippen LogP contribution in [0.2, 0.25) is 0 Å². The number of benzene rings is 1. The Hall–Kier alpha value is -1.94. The lowest BCUT2D eigenvalue weighted by Crippen LogP contribution is -2.36. The first-order valence-corrected chi connectivity index (χ1v) is 8.58. The van der Waals surface area contributed by atoms with Crippen molar-refractivity contribution < 1.29 is 0 Å². The monoisotopic (exact) mass is 310 g/mol. The molecule has 1 aliphatic rings. The molecule has 0 unspecified atom stereocenters. The summed E-state index contributed by atoms with van der Waals surface area (Å²) < 4.78 is 0. The zero-order valence-corrected chi connectivity index (χ0v) is 14.1. The lowest BCUT2D eigenvalue weighted by Gasteiger charge is -2.33. The van der Waals surface area contributed by atoms with Crippen LogP contribution < -0.4 is 5.32 Å². The van der Waals surface area contributed by atoms with Crippen LogP contribution in [0, 0.1) is 0 Å². The third-order valence-corrected chi connectivity index (χ3v) is 4.69. The minimum Gasteiger partial charge on any atom is -0.377 e. The second-order valence-electron chi connectivity index (χ2n) is 6.51. The molecule has 0 bridgehead atoms. The van der Waals surface area contributed by atoms with Crippen LogP contribution in [-0.2, 0) is 6.54 Å². The molecule has 2 aromatic rings. The van der Waals surface area contributed by atoms with E-state index in [4.69, 9.17) is 0 Å². The maximum absolute atomic E-state index is 4.35. The van der Waals surface area contributed by atoms with Gasteiger partial charge in [-0.25, -0.2) is 0 Å². The number of rotatable bonds is 5. The lowest BCUT2D eigenvalue weighted by atomic mass is 10.0. The molecule has 1 saturated heterocycles. The SMILES string of the molecule is C[C@H](Nc1ccc(CN2CCCC[C@@H]2C)cc1)c1cnccn1. The third kappa shape index (κ3) is 4.29. The van der Waals surface area contributed by atoms with Gasteiger partial charge in [0.05, 0.1) is 17.9 Å². The second kappa shape index (κ2) is 7.55. The van der Waals surface area contributed by atoms with Gasteiger partial charge >= 0.3 is 0 Å². The fourth-order valence-electron chi connectivity index (χ4n) is 3.19. The molecule has 1 aliphatic heterocycles. The standard InChI is InChI=1S/C19H26N4/c1-15-5-3-4-12-23(15)14-17-6-8-18(9-7-17)22-16(2)19-13-20-10-11-21-19/h6-11,13,15-16,22H,3-5,12,14H2,1-2H3/t15-,16-/m0/s1. The van der Waals surface area contributed by atoms with Gasteiger partial charge in [-0.3, -0.25) is 14.9 Å². The Kier molecular flexibility index (Phi) is 5.23. The average molecular weight is 310 g/mol. The van der Waals surface area contributed by atoms with Crippen LogP contribution in [0.1, 0.15) is 50.4 Å². The van der Waals surface area contributed by atoms with Crippen molar-refractivity contribution in [3.63, 3.8) is 0 Å². The maximum atomic E-state index is 4.35. The zero-order chi connectivity index (χ0) is 16.1. The van der Waals surface area contributed by atoms with Gasteiger partial charge in [0.15, 0.2) is 0 Å². The second-order valence-corrected chi connectivity index (χ2v) is 6.51. The molecule has 0 amide bonds. The number of nitrogens with zero attached hydrogens (tertiary/aromatic N) is 3.